The molecule has 1 aromatic carbocycles. The van der Waals surface area contributed by atoms with Crippen LogP contribution in [0.15, 0.2) is 29.5 Å². The van der Waals surface area contributed by atoms with Crippen molar-refractivity contribution >= 4 is 40.3 Å². The van der Waals surface area contributed by atoms with Crippen LogP contribution in [0.5, 0.6) is 5.88 Å². The highest BCUT2D eigenvalue weighted by Gasteiger charge is 2.19. The molecule has 2 aliphatic heterocycles. The summed E-state index contributed by atoms with van der Waals surface area (Å²) in [6, 6.07) is 6.40. The number of rotatable bonds is 1. The minimum atomic E-state index is 0.00466. The fourth-order valence-corrected chi connectivity index (χ4v) is 5.61. The third kappa shape index (κ3) is 7.15. The zero-order valence-corrected chi connectivity index (χ0v) is 24.6. The van der Waals surface area contributed by atoms with Gasteiger partial charge in [-0.1, -0.05) is 6.42 Å². The summed E-state index contributed by atoms with van der Waals surface area (Å²) in [5.74, 6) is 0.821. The lowest BCUT2D eigenvalue weighted by Gasteiger charge is -2.35. The van der Waals surface area contributed by atoms with Crippen LogP contribution in [0.1, 0.15) is 43.2 Å². The van der Waals surface area contributed by atoms with E-state index in [4.69, 9.17) is 4.99 Å². The Hall–Kier alpha value is -3.70. The molecule has 3 N–H and O–H groups in total. The predicted molar refractivity (Wildman–Crippen MR) is 165 cm³/mol. The molecule has 4 heterocycles. The molecule has 2 aliphatic rings. The zero-order chi connectivity index (χ0) is 28.8. The van der Waals surface area contributed by atoms with Crippen molar-refractivity contribution in [2.75, 3.05) is 77.2 Å². The summed E-state index contributed by atoms with van der Waals surface area (Å²) in [7, 11) is 6.21. The fraction of sp³-hybridized carbons (Fsp3) is 0.533. The molecule has 2 bridgehead atoms. The fourth-order valence-electron chi connectivity index (χ4n) is 5.61. The number of H-pyrrole nitrogens is 1. The van der Waals surface area contributed by atoms with Crippen LogP contribution in [0, 0.1) is 0 Å². The van der Waals surface area contributed by atoms with Crippen molar-refractivity contribution in [3.8, 4) is 5.88 Å². The van der Waals surface area contributed by atoms with Crippen LogP contribution < -0.4 is 10.2 Å². The van der Waals surface area contributed by atoms with Gasteiger partial charge in [0.15, 0.2) is 5.88 Å². The lowest BCUT2D eigenvalue weighted by Crippen LogP contribution is -2.45. The highest BCUT2D eigenvalue weighted by atomic mass is 16.3. The molecular formula is C30H43N9O2. The van der Waals surface area contributed by atoms with Crippen molar-refractivity contribution in [3.63, 3.8) is 0 Å². The molecule has 1 fully saturated rings. The largest absolute Gasteiger partial charge is 0.494 e. The number of amides is 1. The van der Waals surface area contributed by atoms with E-state index in [9.17, 15) is 9.90 Å². The van der Waals surface area contributed by atoms with Gasteiger partial charge < -0.3 is 35.0 Å². The second-order valence-electron chi connectivity index (χ2n) is 11.3. The lowest BCUT2D eigenvalue weighted by atomic mass is 10.1. The van der Waals surface area contributed by atoms with Gasteiger partial charge in [-0.2, -0.15) is 0 Å². The summed E-state index contributed by atoms with van der Waals surface area (Å²) in [4.78, 5) is 38.2. The summed E-state index contributed by atoms with van der Waals surface area (Å²) in [6.45, 7) is 7.16. The first-order valence-corrected chi connectivity index (χ1v) is 14.7. The maximum absolute atomic E-state index is 12.6. The first-order valence-electron chi connectivity index (χ1n) is 14.7. The monoisotopic (exact) mass is 561 g/mol. The average molecular weight is 562 g/mol. The van der Waals surface area contributed by atoms with Gasteiger partial charge >= 0.3 is 0 Å². The number of aromatic hydroxyl groups is 1. The molecular weight excluding hydrogens is 518 g/mol. The van der Waals surface area contributed by atoms with Crippen LogP contribution in [0.3, 0.4) is 0 Å². The number of aliphatic imine (C=N–C) groups is 1. The van der Waals surface area contributed by atoms with Crippen molar-refractivity contribution in [1.29, 1.82) is 0 Å². The molecule has 11 nitrogen and oxygen atoms in total. The smallest absolute Gasteiger partial charge is 0.222 e. The van der Waals surface area contributed by atoms with Crippen molar-refractivity contribution in [3.05, 3.63) is 35.7 Å². The van der Waals surface area contributed by atoms with E-state index >= 15 is 0 Å². The van der Waals surface area contributed by atoms with Crippen molar-refractivity contribution < 1.29 is 9.90 Å². The summed E-state index contributed by atoms with van der Waals surface area (Å²) in [5.41, 5.74) is 4.41. The first-order chi connectivity index (χ1) is 19.9. The highest BCUT2D eigenvalue weighted by Crippen LogP contribution is 2.31. The number of carbonyl (C=O) groups is 1. The number of nitrogens with one attached hydrogen (secondary N) is 2. The Balaban J connectivity index is 1.47. The minimum Gasteiger partial charge on any atom is -0.494 e. The molecule has 0 saturated carbocycles. The molecule has 1 saturated heterocycles. The van der Waals surface area contributed by atoms with E-state index in [1.165, 1.54) is 17.6 Å². The second-order valence-corrected chi connectivity index (χ2v) is 11.3. The van der Waals surface area contributed by atoms with E-state index in [1.807, 2.05) is 11.9 Å². The number of likely N-dealkylation sites (N-methyl/N-ethyl adjacent to an activating group) is 1. The van der Waals surface area contributed by atoms with E-state index in [-0.39, 0.29) is 11.8 Å². The van der Waals surface area contributed by atoms with Gasteiger partial charge in [0.1, 0.15) is 17.8 Å². The molecule has 0 aliphatic carbocycles. The molecule has 0 spiro atoms. The van der Waals surface area contributed by atoms with E-state index < -0.39 is 0 Å². The molecule has 1 amide bonds. The maximum Gasteiger partial charge on any atom is 0.222 e. The van der Waals surface area contributed by atoms with Crippen LogP contribution in [-0.2, 0) is 11.3 Å². The molecule has 0 unspecified atom stereocenters. The van der Waals surface area contributed by atoms with Crippen molar-refractivity contribution in [1.82, 2.24) is 29.7 Å². The maximum atomic E-state index is 12.6. The normalized spacial score (nSPS) is 19.2. The quantitative estimate of drug-likeness (QED) is 0.414. The van der Waals surface area contributed by atoms with Gasteiger partial charge in [-0.25, -0.2) is 9.97 Å². The van der Waals surface area contributed by atoms with Gasteiger partial charge in [0.2, 0.25) is 5.91 Å². The van der Waals surface area contributed by atoms with Gasteiger partial charge in [0.05, 0.1) is 16.6 Å². The Morgan fingerprint density at radius 3 is 2.56 bits per heavy atom. The number of aromatic nitrogens is 3. The number of piperazine rings is 1. The lowest BCUT2D eigenvalue weighted by molar-refractivity contribution is -0.130. The van der Waals surface area contributed by atoms with Crippen molar-refractivity contribution in [2.45, 2.75) is 38.6 Å². The second kappa shape index (κ2) is 13.3. The number of aromatic amines is 1. The Kier molecular flexibility index (Phi) is 9.35. The number of fused-ring (bicyclic) bond motifs is 2. The van der Waals surface area contributed by atoms with Crippen molar-refractivity contribution in [2.24, 2.45) is 4.99 Å². The number of benzene rings is 1. The SMILES string of the molecule is CN1CCN(c2ccc3cc2CN(C)CCCCCC(=O)N(C)CCCNc2ncnc4[nH]c(O)c(c24)C=N3)CC1. The topological polar surface area (TPSA) is 116 Å². The number of nitrogens with zero attached hydrogens (tertiary/aromatic N) is 7. The van der Waals surface area contributed by atoms with Crippen LogP contribution >= 0.6 is 0 Å². The average Bonchev–Trinajstić information content (AvgIpc) is 3.29. The van der Waals surface area contributed by atoms with E-state index in [0.717, 1.165) is 70.6 Å². The molecule has 5 rings (SSSR count). The Labute approximate surface area is 242 Å². The molecule has 220 valence electrons. The minimum absolute atomic E-state index is 0.00466. The molecule has 41 heavy (non-hydrogen) atoms. The Morgan fingerprint density at radius 2 is 1.73 bits per heavy atom. The van der Waals surface area contributed by atoms with E-state index in [0.29, 0.717) is 41.9 Å². The van der Waals surface area contributed by atoms with Crippen LogP contribution in [0.2, 0.25) is 0 Å². The summed E-state index contributed by atoms with van der Waals surface area (Å²) in [6.07, 6.45) is 7.52. The zero-order valence-electron chi connectivity index (χ0n) is 24.6. The first kappa shape index (κ1) is 28.8. The third-order valence-electron chi connectivity index (χ3n) is 8.12. The standard InChI is InChI=1S/C30H43N9O2/c1-36-14-16-39(17-15-36)25-10-9-23-18-22(25)20-37(2)12-6-4-5-8-26(40)38(3)13-7-11-31-28-27-24(19-32-23)30(41)35-29(27)34-21-33-28/h9-10,18-19,21,41H,4-8,11-17,20H2,1-3H3,(H2,31,33,34,35). The Morgan fingerprint density at radius 1 is 0.902 bits per heavy atom. The molecule has 0 radical (unpaired) electrons. The molecule has 3 aromatic rings. The van der Waals surface area contributed by atoms with Crippen LogP contribution in [-0.4, -0.2) is 114 Å². The van der Waals surface area contributed by atoms with Gasteiger partial charge in [0, 0.05) is 71.2 Å². The van der Waals surface area contributed by atoms with E-state index in [2.05, 4.69) is 67.3 Å². The van der Waals surface area contributed by atoms with Gasteiger partial charge in [-0.3, -0.25) is 9.79 Å². The van der Waals surface area contributed by atoms with Gasteiger partial charge in [-0.05, 0) is 63.7 Å². The number of anilines is 2. The summed E-state index contributed by atoms with van der Waals surface area (Å²) in [5, 5.41) is 14.8. The highest BCUT2D eigenvalue weighted by molar-refractivity contribution is 6.06. The number of carbonyl (C=O) groups excluding carboxylic acids is 1. The summed E-state index contributed by atoms with van der Waals surface area (Å²) < 4.78 is 0. The molecule has 0 atom stereocenters. The Bertz CT molecular complexity index is 1360. The number of hydrogen-bond donors (Lipinski definition) is 3. The van der Waals surface area contributed by atoms with E-state index in [1.54, 1.807) is 6.21 Å². The molecule has 11 heteroatoms. The van der Waals surface area contributed by atoms with Crippen LogP contribution in [0.4, 0.5) is 17.2 Å². The molecule has 2 aromatic heterocycles. The van der Waals surface area contributed by atoms with Crippen LogP contribution in [0.25, 0.3) is 11.0 Å². The number of hydrogen-bond acceptors (Lipinski definition) is 9. The summed E-state index contributed by atoms with van der Waals surface area (Å²) >= 11 is 0. The van der Waals surface area contributed by atoms with Gasteiger partial charge in [-0.15, -0.1) is 0 Å². The van der Waals surface area contributed by atoms with Gasteiger partial charge in [0.25, 0.3) is 0 Å². The predicted octanol–water partition coefficient (Wildman–Crippen LogP) is 3.43. The third-order valence-corrected chi connectivity index (χ3v) is 8.12.